The van der Waals surface area contributed by atoms with Crippen molar-refractivity contribution in [1.29, 1.82) is 0 Å². The van der Waals surface area contributed by atoms with Crippen molar-refractivity contribution in [3.8, 4) is 67.3 Å². The number of H-pyrrole nitrogens is 4. The number of aromatic amines is 4. The van der Waals surface area contributed by atoms with E-state index in [9.17, 15) is 51.9 Å². The largest absolute Gasteiger partial charge is 0.481 e. The Balaban J connectivity index is 0.000000183. The van der Waals surface area contributed by atoms with E-state index in [2.05, 4.69) is 160 Å². The number of rotatable bonds is 23. The van der Waals surface area contributed by atoms with Crippen LogP contribution in [0, 0.1) is 29.5 Å². The van der Waals surface area contributed by atoms with Gasteiger partial charge in [0.2, 0.25) is 11.8 Å². The molecule has 11 aromatic rings. The van der Waals surface area contributed by atoms with Crippen molar-refractivity contribution in [2.45, 2.75) is 186 Å². The number of fused-ring (bicyclic) bond motifs is 2. The molecule has 5 aliphatic rings. The van der Waals surface area contributed by atoms with E-state index in [0.717, 1.165) is 145 Å². The molecule has 0 radical (unpaired) electrons. The number of hydrogen-bond donors (Lipinski definition) is 8. The summed E-state index contributed by atoms with van der Waals surface area (Å²) in [6, 6.07) is 44.3. The molecular formula is C100H115F2N15O15. The molecule has 4 saturated heterocycles. The second-order valence-electron chi connectivity index (χ2n) is 35.9. The van der Waals surface area contributed by atoms with E-state index in [-0.39, 0.29) is 72.2 Å². The molecule has 1 saturated carbocycles. The number of aliphatic carboxylic acids is 1. The molecular weight excluding hydrogens is 1690 g/mol. The number of halogens is 2. The average molecular weight is 1810 g/mol. The minimum atomic E-state index is -1.05. The van der Waals surface area contributed by atoms with Gasteiger partial charge in [-0.1, -0.05) is 137 Å². The maximum atomic E-state index is 13.9. The van der Waals surface area contributed by atoms with Crippen LogP contribution >= 0.6 is 0 Å². The Labute approximate surface area is 764 Å². The molecule has 8 N–H and O–H groups in total. The number of hydrogen-bond acceptors (Lipinski definition) is 18. The number of benzene rings is 7. The van der Waals surface area contributed by atoms with Gasteiger partial charge < -0.3 is 79.4 Å². The number of carboxylic acid groups (broad SMARTS) is 1. The third-order valence-corrected chi connectivity index (χ3v) is 25.4. The Morgan fingerprint density at radius 3 is 1.12 bits per heavy atom. The Morgan fingerprint density at radius 1 is 0.424 bits per heavy atom. The lowest BCUT2D eigenvalue weighted by atomic mass is 9.78. The summed E-state index contributed by atoms with van der Waals surface area (Å²) in [5.74, 6) is -0.742. The third-order valence-electron chi connectivity index (χ3n) is 25.4. The van der Waals surface area contributed by atoms with Gasteiger partial charge in [0.1, 0.15) is 59.0 Å². The Hall–Kier alpha value is -13.8. The molecule has 4 aromatic heterocycles. The molecule has 132 heavy (non-hydrogen) atoms. The van der Waals surface area contributed by atoms with Gasteiger partial charge in [0.15, 0.2) is 0 Å². The van der Waals surface area contributed by atoms with Crippen molar-refractivity contribution in [2.75, 3.05) is 54.6 Å². The summed E-state index contributed by atoms with van der Waals surface area (Å²) in [4.78, 5) is 152. The van der Waals surface area contributed by atoms with Crippen molar-refractivity contribution in [3.05, 3.63) is 205 Å². The summed E-state index contributed by atoms with van der Waals surface area (Å²) in [6.45, 7) is 15.6. The van der Waals surface area contributed by atoms with Gasteiger partial charge in [0, 0.05) is 37.3 Å². The molecule has 0 unspecified atom stereocenters. The normalized spacial score (nSPS) is 18.8. The van der Waals surface area contributed by atoms with Gasteiger partial charge in [-0.3, -0.25) is 28.9 Å². The van der Waals surface area contributed by atoms with Crippen LogP contribution in [0.3, 0.4) is 0 Å². The molecule has 0 bridgehead atoms. The van der Waals surface area contributed by atoms with E-state index in [0.29, 0.717) is 75.5 Å². The number of alkyl carbamates (subject to hydrolysis) is 3. The van der Waals surface area contributed by atoms with Crippen LogP contribution in [0.15, 0.2) is 170 Å². The van der Waals surface area contributed by atoms with Crippen LogP contribution in [0.4, 0.5) is 28.0 Å². The van der Waals surface area contributed by atoms with Crippen LogP contribution in [0.25, 0.3) is 88.8 Å². The topological polar surface area (TPSA) is 384 Å². The SMILES string of the molecule is COC(=O)C[C@H](C(=O)O)C1CCC(F)CC1.COC(=O)N[C@H](C(=O)N1CCC[C@H]1c1ncc(-c2ccc(-c3ccc4cc(-c5cnc([C@@H]6CCCN6C(=O)[C@@H](NC(=O)OC)C(C)C)[nH]5)ccc4c3)cc2)[nH]1)c1ccc(F)cc1.COC(=O)N[C@H](C(=O)N1CCC[C@H]1c1ncc(-c2ccc3cc(-c4ccc(-c5cnc([C@@H]6CCCN6C(=O)OC(C)(C)C)[nH]5)cc4)ccc3c2)[nH]1)C(C)C. The number of carboxylic acids is 1. The summed E-state index contributed by atoms with van der Waals surface area (Å²) in [7, 11) is 5.05. The zero-order valence-electron chi connectivity index (χ0n) is 76.1. The standard InChI is InChI=1S/C47H49FN8O6.C42H49N7O5.C11H17FO4/c1-27(2)40(53-46(59)61-3)44(57)55-21-5-7-38(55)43-50-26-37(52-43)34-16-15-32-23-31(13-14-33(32)24-34)28-9-11-29(12-10-28)36-25-49-42(51-36)39-8-6-22-56(39)45(58)41(54-47(60)62-4)30-17-19-35(48)20-18-30;1-25(2)36(47-40(51)53-6)39(50)48-19-7-9-34(48)37-44-24-33(46-37)31-18-17-29-21-28(15-16-30(29)22-31)26-11-13-27(14-12-26)32-23-43-38(45-32)35-10-8-20-49(35)41(52)54-42(3,4)5;1-16-10(13)6-9(11(14)15)7-2-4-8(12)5-3-7/h9-20,23-27,38-41H,5-8,21-22H2,1-4H3,(H,49,51)(H,50,52)(H,53,59)(H,54,60);11-18,21-25,34-36H,7-10,19-20H2,1-6H3,(H,43,45)(H,44,46)(H,47,51);7-9H,2-6H2,1H3,(H,14,15)/t38-,39-,40-,41-;34-,35-,36-;7?,8?,9-/m000/s1. The van der Waals surface area contributed by atoms with Crippen LogP contribution in [0.2, 0.25) is 0 Å². The lowest BCUT2D eigenvalue weighted by Gasteiger charge is -2.30. The minimum Gasteiger partial charge on any atom is -0.481 e. The fourth-order valence-corrected chi connectivity index (χ4v) is 18.3. The van der Waals surface area contributed by atoms with Crippen LogP contribution in [0.1, 0.15) is 191 Å². The second kappa shape index (κ2) is 42.0. The number of nitrogens with one attached hydrogen (secondary N) is 7. The first-order valence-corrected chi connectivity index (χ1v) is 45.1. The van der Waals surface area contributed by atoms with Gasteiger partial charge >= 0.3 is 36.3 Å². The highest BCUT2D eigenvalue weighted by molar-refractivity contribution is 5.94. The number of esters is 1. The van der Waals surface area contributed by atoms with Gasteiger partial charge in [0.05, 0.1) is 113 Å². The van der Waals surface area contributed by atoms with E-state index in [1.807, 2.05) is 84.1 Å². The minimum absolute atomic E-state index is 0.0963. The predicted octanol–water partition coefficient (Wildman–Crippen LogP) is 18.4. The third kappa shape index (κ3) is 22.3. The quantitative estimate of drug-likeness (QED) is 0.0218. The highest BCUT2D eigenvalue weighted by atomic mass is 19.1. The van der Waals surface area contributed by atoms with Crippen LogP contribution in [-0.2, 0) is 47.7 Å². The molecule has 5 fully saturated rings. The van der Waals surface area contributed by atoms with E-state index in [1.54, 1.807) is 20.9 Å². The maximum Gasteiger partial charge on any atom is 0.410 e. The summed E-state index contributed by atoms with van der Waals surface area (Å²) >= 11 is 0. The lowest BCUT2D eigenvalue weighted by Crippen LogP contribution is -2.51. The molecule has 694 valence electrons. The second-order valence-corrected chi connectivity index (χ2v) is 35.9. The van der Waals surface area contributed by atoms with Crippen molar-refractivity contribution in [1.82, 2.24) is 75.4 Å². The van der Waals surface area contributed by atoms with Gasteiger partial charge in [0.25, 0.3) is 5.91 Å². The molecule has 1 aliphatic carbocycles. The predicted molar refractivity (Wildman–Crippen MR) is 493 cm³/mol. The molecule has 8 heterocycles. The molecule has 4 aliphatic heterocycles. The fraction of sp³-hybridized carbons (Fsp3) is 0.410. The van der Waals surface area contributed by atoms with Crippen molar-refractivity contribution in [2.24, 2.45) is 23.7 Å². The van der Waals surface area contributed by atoms with Gasteiger partial charge in [-0.05, 0) is 212 Å². The van der Waals surface area contributed by atoms with Crippen molar-refractivity contribution in [3.63, 3.8) is 0 Å². The van der Waals surface area contributed by atoms with Gasteiger partial charge in [-0.25, -0.2) is 47.9 Å². The van der Waals surface area contributed by atoms with Crippen LogP contribution < -0.4 is 16.0 Å². The van der Waals surface area contributed by atoms with Gasteiger partial charge in [-0.15, -0.1) is 0 Å². The number of nitrogens with zero attached hydrogens (tertiary/aromatic N) is 8. The summed E-state index contributed by atoms with van der Waals surface area (Å²) < 4.78 is 51.0. The van der Waals surface area contributed by atoms with Crippen molar-refractivity contribution < 1.29 is 80.7 Å². The number of methoxy groups -OCH3 is 4. The molecule has 8 atom stereocenters. The average Bonchev–Trinajstić information content (AvgIpc) is 1.50. The summed E-state index contributed by atoms with van der Waals surface area (Å²) in [5.41, 5.74) is 11.6. The zero-order chi connectivity index (χ0) is 93.8. The smallest absolute Gasteiger partial charge is 0.410 e. The number of carbonyl (C=O) groups is 9. The number of aromatic nitrogens is 8. The van der Waals surface area contributed by atoms with Gasteiger partial charge in [-0.2, -0.15) is 0 Å². The first-order valence-electron chi connectivity index (χ1n) is 45.1. The van der Waals surface area contributed by atoms with E-state index < -0.39 is 71.9 Å². The number of carbonyl (C=O) groups excluding carboxylic acids is 8. The highest BCUT2D eigenvalue weighted by Crippen LogP contribution is 2.42. The van der Waals surface area contributed by atoms with E-state index in [4.69, 9.17) is 34.0 Å². The number of imidazole rings is 4. The molecule has 7 amide bonds. The Kier molecular flexibility index (Phi) is 30.0. The zero-order valence-corrected chi connectivity index (χ0v) is 76.1. The molecule has 0 spiro atoms. The van der Waals surface area contributed by atoms with E-state index in [1.165, 1.54) is 52.7 Å². The molecule has 30 nitrogen and oxygen atoms in total. The number of ether oxygens (including phenoxy) is 5. The fourth-order valence-electron chi connectivity index (χ4n) is 18.3. The first-order chi connectivity index (χ1) is 63.4. The molecule has 7 aromatic carbocycles. The van der Waals surface area contributed by atoms with E-state index >= 15 is 0 Å². The molecule has 32 heteroatoms. The summed E-state index contributed by atoms with van der Waals surface area (Å²) in [5, 5.41) is 21.4. The molecule has 16 rings (SSSR count). The Bertz CT molecular complexity index is 5940. The van der Waals surface area contributed by atoms with Crippen LogP contribution in [-0.4, -0.2) is 197 Å². The van der Waals surface area contributed by atoms with Crippen molar-refractivity contribution >= 4 is 75.6 Å². The maximum absolute atomic E-state index is 13.9. The number of alkyl halides is 1. The lowest BCUT2D eigenvalue weighted by molar-refractivity contribution is -0.152. The van der Waals surface area contributed by atoms with Crippen LogP contribution in [0.5, 0.6) is 0 Å². The summed E-state index contributed by atoms with van der Waals surface area (Å²) in [6.07, 6.45) is 12.3. The number of amides is 7. The monoisotopic (exact) mass is 1800 g/mol. The Morgan fingerprint density at radius 2 is 0.758 bits per heavy atom. The number of likely N-dealkylation sites (tertiary alicyclic amines) is 4. The first kappa shape index (κ1) is 94.3. The highest BCUT2D eigenvalue weighted by Gasteiger charge is 2.43.